The molecule has 0 saturated carbocycles. The Morgan fingerprint density at radius 2 is 1.71 bits per heavy atom. The third-order valence-corrected chi connectivity index (χ3v) is 8.20. The molecule has 0 spiro atoms. The monoisotopic (exact) mass is 211 g/mol. The van der Waals surface area contributed by atoms with Crippen LogP contribution in [-0.4, -0.2) is 32.2 Å². The number of nitrogens with zero attached hydrogens (tertiary/aromatic N) is 1. The molecule has 14 heavy (non-hydrogen) atoms. The van der Waals surface area contributed by atoms with Crippen LogP contribution in [0.25, 0.3) is 0 Å². The maximum Gasteiger partial charge on any atom is 0.0917 e. The van der Waals surface area contributed by atoms with Crippen LogP contribution in [0, 0.1) is 0 Å². The first-order valence-electron chi connectivity index (χ1n) is 6.12. The van der Waals surface area contributed by atoms with E-state index in [4.69, 9.17) is 0 Å². The minimum atomic E-state index is -1.05. The fourth-order valence-corrected chi connectivity index (χ4v) is 7.44. The van der Waals surface area contributed by atoms with Crippen molar-refractivity contribution in [1.29, 1.82) is 0 Å². The maximum absolute atomic E-state index is 2.62. The molecule has 0 radical (unpaired) electrons. The zero-order chi connectivity index (χ0) is 10.4. The average Bonchev–Trinajstić information content (AvgIpc) is 2.89. The summed E-state index contributed by atoms with van der Waals surface area (Å²) in [4.78, 5) is 2.62. The van der Waals surface area contributed by atoms with Crippen LogP contribution < -0.4 is 0 Å². The normalized spacial score (nSPS) is 17.9. The Labute approximate surface area is 90.2 Å². The Hall–Kier alpha value is -0.0831. The van der Waals surface area contributed by atoms with E-state index >= 15 is 0 Å². The molecule has 1 nitrogen and oxygen atoms in total. The fourth-order valence-electron chi connectivity index (χ4n) is 2.53. The molecule has 0 aromatic carbocycles. The van der Waals surface area contributed by atoms with Crippen molar-refractivity contribution in [1.82, 2.24) is 4.90 Å². The minimum absolute atomic E-state index is 1.05. The van der Waals surface area contributed by atoms with Crippen LogP contribution in [0.2, 0.25) is 12.1 Å². The van der Waals surface area contributed by atoms with Crippen LogP contribution in [-0.2, 0) is 0 Å². The molecule has 2 heteroatoms. The first-order valence-corrected chi connectivity index (χ1v) is 8.82. The lowest BCUT2D eigenvalue weighted by Crippen LogP contribution is -2.40. The molecule has 0 amide bonds. The van der Waals surface area contributed by atoms with E-state index in [2.05, 4.69) is 37.4 Å². The predicted octanol–water partition coefficient (Wildman–Crippen LogP) is 3.23. The maximum atomic E-state index is 2.62. The number of rotatable bonds is 7. The second kappa shape index (κ2) is 5.71. The van der Waals surface area contributed by atoms with Gasteiger partial charge < -0.3 is 4.90 Å². The fraction of sp³-hybridized carbons (Fsp3) is 0.833. The molecule has 1 fully saturated rings. The van der Waals surface area contributed by atoms with Crippen molar-refractivity contribution in [2.75, 3.05) is 19.3 Å². The molecule has 1 aliphatic heterocycles. The summed E-state index contributed by atoms with van der Waals surface area (Å²) in [7, 11) is -1.05. The Balaban J connectivity index is 2.59. The first kappa shape index (κ1) is 12.0. The predicted molar refractivity (Wildman–Crippen MR) is 67.2 cm³/mol. The zero-order valence-electron chi connectivity index (χ0n) is 10.1. The quantitative estimate of drug-likeness (QED) is 0.461. The summed E-state index contributed by atoms with van der Waals surface area (Å²) >= 11 is 0. The second-order valence-electron chi connectivity index (χ2n) is 4.64. The van der Waals surface area contributed by atoms with Gasteiger partial charge in [-0.1, -0.05) is 50.6 Å². The third-order valence-electron chi connectivity index (χ3n) is 3.09. The van der Waals surface area contributed by atoms with E-state index in [-0.39, 0.29) is 0 Å². The molecule has 0 atom stereocenters. The van der Waals surface area contributed by atoms with Crippen molar-refractivity contribution in [2.24, 2.45) is 0 Å². The minimum Gasteiger partial charge on any atom is -0.303 e. The average molecular weight is 211 g/mol. The summed E-state index contributed by atoms with van der Waals surface area (Å²) in [6.07, 6.45) is 6.47. The highest BCUT2D eigenvalue weighted by molar-refractivity contribution is 6.84. The van der Waals surface area contributed by atoms with Crippen molar-refractivity contribution < 1.29 is 0 Å². The molecular formula is C12H25NSi. The van der Waals surface area contributed by atoms with Crippen LogP contribution in [0.1, 0.15) is 33.6 Å². The number of hydrogen-bond donors (Lipinski definition) is 0. The number of allylic oxidation sites excluding steroid dienone is 1. The van der Waals surface area contributed by atoms with Crippen molar-refractivity contribution in [2.45, 2.75) is 45.7 Å². The van der Waals surface area contributed by atoms with Gasteiger partial charge in [-0.2, -0.15) is 0 Å². The van der Waals surface area contributed by atoms with E-state index in [9.17, 15) is 0 Å². The highest BCUT2D eigenvalue weighted by Crippen LogP contribution is 2.25. The van der Waals surface area contributed by atoms with Gasteiger partial charge in [0.2, 0.25) is 0 Å². The van der Waals surface area contributed by atoms with Crippen LogP contribution in [0.15, 0.2) is 11.8 Å². The lowest BCUT2D eigenvalue weighted by molar-refractivity contribution is 0.641. The van der Waals surface area contributed by atoms with Crippen molar-refractivity contribution in [3.05, 3.63) is 11.8 Å². The SMILES string of the molecule is CC=C[Si](CCC)(CCC)CN1CC1. The lowest BCUT2D eigenvalue weighted by Gasteiger charge is -2.28. The van der Waals surface area contributed by atoms with Crippen molar-refractivity contribution in [3.8, 4) is 0 Å². The molecule has 0 N–H and O–H groups in total. The summed E-state index contributed by atoms with van der Waals surface area (Å²) in [5.74, 6) is 0. The van der Waals surface area contributed by atoms with Gasteiger partial charge in [0.1, 0.15) is 0 Å². The molecule has 0 unspecified atom stereocenters. The largest absolute Gasteiger partial charge is 0.303 e. The number of hydrogen-bond acceptors (Lipinski definition) is 1. The molecule has 0 aromatic rings. The highest BCUT2D eigenvalue weighted by atomic mass is 28.3. The first-order chi connectivity index (χ1) is 6.76. The van der Waals surface area contributed by atoms with Gasteiger partial charge >= 0.3 is 0 Å². The van der Waals surface area contributed by atoms with Gasteiger partial charge in [0.25, 0.3) is 0 Å². The zero-order valence-corrected chi connectivity index (χ0v) is 11.1. The second-order valence-corrected chi connectivity index (χ2v) is 9.01. The van der Waals surface area contributed by atoms with E-state index in [1.54, 1.807) is 0 Å². The van der Waals surface area contributed by atoms with Crippen LogP contribution in [0.3, 0.4) is 0 Å². The van der Waals surface area contributed by atoms with Gasteiger partial charge in [-0.05, 0) is 13.1 Å². The Bertz CT molecular complexity index is 179. The Morgan fingerprint density at radius 3 is 2.07 bits per heavy atom. The van der Waals surface area contributed by atoms with Crippen LogP contribution in [0.4, 0.5) is 0 Å². The molecular weight excluding hydrogens is 186 g/mol. The van der Waals surface area contributed by atoms with E-state index < -0.39 is 8.07 Å². The van der Waals surface area contributed by atoms with Crippen LogP contribution in [0.5, 0.6) is 0 Å². The van der Waals surface area contributed by atoms with E-state index in [1.165, 1.54) is 44.2 Å². The van der Waals surface area contributed by atoms with Gasteiger partial charge in [0, 0.05) is 13.1 Å². The summed E-state index contributed by atoms with van der Waals surface area (Å²) < 4.78 is 0. The molecule has 0 bridgehead atoms. The summed E-state index contributed by atoms with van der Waals surface area (Å²) in [5.41, 5.74) is 2.60. The standard InChI is InChI=1S/C12H25NSi/c1-4-9-14(10-5-2,11-6-3)12-13-7-8-13/h4,9H,5-8,10-12H2,1-3H3. The molecule has 1 heterocycles. The van der Waals surface area contributed by atoms with E-state index in [0.717, 1.165) is 0 Å². The van der Waals surface area contributed by atoms with Gasteiger partial charge in [0.15, 0.2) is 0 Å². The molecule has 1 aliphatic rings. The van der Waals surface area contributed by atoms with Gasteiger partial charge in [-0.3, -0.25) is 0 Å². The molecule has 1 rings (SSSR count). The smallest absolute Gasteiger partial charge is 0.0917 e. The van der Waals surface area contributed by atoms with Gasteiger partial charge in [-0.15, -0.1) is 0 Å². The van der Waals surface area contributed by atoms with Gasteiger partial charge in [-0.25, -0.2) is 0 Å². The Morgan fingerprint density at radius 1 is 1.14 bits per heavy atom. The highest BCUT2D eigenvalue weighted by Gasteiger charge is 2.33. The van der Waals surface area contributed by atoms with Gasteiger partial charge in [0.05, 0.1) is 8.07 Å². The van der Waals surface area contributed by atoms with E-state index in [1.807, 2.05) is 0 Å². The molecule has 1 saturated heterocycles. The van der Waals surface area contributed by atoms with Crippen molar-refractivity contribution in [3.63, 3.8) is 0 Å². The Kier molecular flexibility index (Phi) is 4.89. The lowest BCUT2D eigenvalue weighted by atomic mass is 10.6. The summed E-state index contributed by atoms with van der Waals surface area (Å²) in [6.45, 7) is 9.58. The van der Waals surface area contributed by atoms with E-state index in [0.29, 0.717) is 0 Å². The van der Waals surface area contributed by atoms with Crippen molar-refractivity contribution >= 4 is 8.07 Å². The van der Waals surface area contributed by atoms with Crippen LogP contribution >= 0.6 is 0 Å². The summed E-state index contributed by atoms with van der Waals surface area (Å²) in [6, 6.07) is 2.98. The third kappa shape index (κ3) is 3.58. The summed E-state index contributed by atoms with van der Waals surface area (Å²) in [5, 5.41) is 0. The molecule has 0 aliphatic carbocycles. The molecule has 82 valence electrons. The molecule has 0 aromatic heterocycles. The topological polar surface area (TPSA) is 3.01 Å².